The van der Waals surface area contributed by atoms with Crippen molar-refractivity contribution in [3.8, 4) is 0 Å². The van der Waals surface area contributed by atoms with E-state index in [4.69, 9.17) is 0 Å². The third-order valence-corrected chi connectivity index (χ3v) is 4.59. The number of carbonyl (C=O) groups is 1. The van der Waals surface area contributed by atoms with Crippen LogP contribution in [0.4, 0.5) is 0 Å². The van der Waals surface area contributed by atoms with Crippen LogP contribution in [-0.2, 0) is 0 Å². The summed E-state index contributed by atoms with van der Waals surface area (Å²) in [6, 6.07) is 5.77. The Morgan fingerprint density at radius 1 is 1.30 bits per heavy atom. The van der Waals surface area contributed by atoms with E-state index in [0.717, 1.165) is 23.9 Å². The predicted molar refractivity (Wildman–Crippen MR) is 91.9 cm³/mol. The lowest BCUT2D eigenvalue weighted by Gasteiger charge is -2.22. The van der Waals surface area contributed by atoms with E-state index in [-0.39, 0.29) is 17.6 Å². The van der Waals surface area contributed by atoms with Crippen molar-refractivity contribution in [1.29, 1.82) is 0 Å². The number of rotatable bonds is 4. The zero-order valence-electron chi connectivity index (χ0n) is 13.9. The molecule has 1 saturated carbocycles. The number of aromatic nitrogens is 2. The first-order valence-electron chi connectivity index (χ1n) is 8.58. The first-order chi connectivity index (χ1) is 11.1. The summed E-state index contributed by atoms with van der Waals surface area (Å²) in [4.78, 5) is 27.4. The zero-order valence-corrected chi connectivity index (χ0v) is 13.9. The molecule has 1 aromatic heterocycles. The average Bonchev–Trinajstić information content (AvgIpc) is 2.88. The largest absolute Gasteiger partial charge is 0.352 e. The van der Waals surface area contributed by atoms with Gasteiger partial charge in [0.2, 0.25) is 0 Å². The molecular formula is C18H25N3O2. The lowest BCUT2D eigenvalue weighted by atomic mass is 9.95. The van der Waals surface area contributed by atoms with Crippen molar-refractivity contribution < 1.29 is 4.79 Å². The van der Waals surface area contributed by atoms with E-state index in [2.05, 4.69) is 24.1 Å². The van der Waals surface area contributed by atoms with Gasteiger partial charge in [-0.25, -0.2) is 4.79 Å². The number of nitrogens with one attached hydrogen (secondary N) is 2. The highest BCUT2D eigenvalue weighted by atomic mass is 16.2. The monoisotopic (exact) mass is 315 g/mol. The lowest BCUT2D eigenvalue weighted by Crippen LogP contribution is -2.27. The van der Waals surface area contributed by atoms with Gasteiger partial charge in [0.15, 0.2) is 0 Å². The maximum atomic E-state index is 12.3. The van der Waals surface area contributed by atoms with Crippen LogP contribution in [0.2, 0.25) is 0 Å². The second kappa shape index (κ2) is 6.60. The summed E-state index contributed by atoms with van der Waals surface area (Å²) in [5.74, 6) is 0.321. The molecule has 1 aliphatic rings. The second-order valence-electron chi connectivity index (χ2n) is 6.93. The summed E-state index contributed by atoms with van der Waals surface area (Å²) in [6.07, 6.45) is 5.74. The molecule has 1 aromatic carbocycles. The third-order valence-electron chi connectivity index (χ3n) is 4.59. The van der Waals surface area contributed by atoms with Crippen LogP contribution in [-0.4, -0.2) is 22.0 Å². The van der Waals surface area contributed by atoms with Crippen molar-refractivity contribution in [3.63, 3.8) is 0 Å². The fraction of sp³-hybridized carbons (Fsp3) is 0.556. The number of hydrogen-bond acceptors (Lipinski definition) is 2. The van der Waals surface area contributed by atoms with Gasteiger partial charge in [-0.3, -0.25) is 9.36 Å². The van der Waals surface area contributed by atoms with Gasteiger partial charge in [0.05, 0.1) is 11.0 Å². The molecule has 0 radical (unpaired) electrons. The summed E-state index contributed by atoms with van der Waals surface area (Å²) in [5.41, 5.74) is 2.18. The Balaban J connectivity index is 1.89. The molecule has 1 heterocycles. The fourth-order valence-corrected chi connectivity index (χ4v) is 3.37. The Labute approximate surface area is 136 Å². The van der Waals surface area contributed by atoms with Crippen molar-refractivity contribution >= 4 is 16.9 Å². The Hall–Kier alpha value is -2.04. The minimum atomic E-state index is -0.0909. The van der Waals surface area contributed by atoms with Crippen molar-refractivity contribution in [1.82, 2.24) is 14.9 Å². The molecule has 5 nitrogen and oxygen atoms in total. The van der Waals surface area contributed by atoms with Crippen molar-refractivity contribution in [2.45, 2.75) is 52.0 Å². The summed E-state index contributed by atoms with van der Waals surface area (Å²) in [5, 5.41) is 2.91. The first-order valence-corrected chi connectivity index (χ1v) is 8.58. The molecule has 23 heavy (non-hydrogen) atoms. The van der Waals surface area contributed by atoms with E-state index in [9.17, 15) is 9.59 Å². The summed E-state index contributed by atoms with van der Waals surface area (Å²) in [7, 11) is 0. The Bertz CT molecular complexity index is 751. The number of imidazole rings is 1. The number of aromatic amines is 1. The highest BCUT2D eigenvalue weighted by Gasteiger charge is 2.20. The normalized spacial score (nSPS) is 16.1. The minimum Gasteiger partial charge on any atom is -0.352 e. The van der Waals surface area contributed by atoms with E-state index in [1.54, 1.807) is 6.07 Å². The summed E-state index contributed by atoms with van der Waals surface area (Å²) < 4.78 is 1.88. The third kappa shape index (κ3) is 3.33. The van der Waals surface area contributed by atoms with E-state index >= 15 is 0 Å². The molecule has 2 aromatic rings. The highest BCUT2D eigenvalue weighted by molar-refractivity contribution is 5.97. The van der Waals surface area contributed by atoms with Crippen molar-refractivity contribution in [3.05, 3.63) is 34.2 Å². The van der Waals surface area contributed by atoms with Crippen LogP contribution in [0.1, 0.15) is 62.4 Å². The number of carbonyl (C=O) groups excluding carboxylic acids is 1. The van der Waals surface area contributed by atoms with Gasteiger partial charge in [-0.15, -0.1) is 0 Å². The standard InChI is InChI=1S/C18H25N3O2/c1-12(2)11-19-17(22)13-8-9-16-15(10-13)20-18(23)21(16)14-6-4-3-5-7-14/h8-10,12,14H,3-7,11H2,1-2H3,(H,19,22)(H,20,23). The van der Waals surface area contributed by atoms with E-state index < -0.39 is 0 Å². The number of amides is 1. The van der Waals surface area contributed by atoms with Crippen LogP contribution in [0.5, 0.6) is 0 Å². The Kier molecular flexibility index (Phi) is 4.55. The predicted octanol–water partition coefficient (Wildman–Crippen LogP) is 3.22. The van der Waals surface area contributed by atoms with Gasteiger partial charge in [0.1, 0.15) is 0 Å². The molecule has 5 heteroatoms. The lowest BCUT2D eigenvalue weighted by molar-refractivity contribution is 0.0949. The number of fused-ring (bicyclic) bond motifs is 1. The Morgan fingerprint density at radius 2 is 2.04 bits per heavy atom. The average molecular weight is 315 g/mol. The highest BCUT2D eigenvalue weighted by Crippen LogP contribution is 2.29. The molecule has 2 N–H and O–H groups in total. The zero-order chi connectivity index (χ0) is 16.4. The van der Waals surface area contributed by atoms with Gasteiger partial charge in [-0.05, 0) is 37.0 Å². The first kappa shape index (κ1) is 15.8. The molecule has 0 unspecified atom stereocenters. The van der Waals surface area contributed by atoms with Crippen LogP contribution in [0.15, 0.2) is 23.0 Å². The molecule has 3 rings (SSSR count). The van der Waals surface area contributed by atoms with Crippen LogP contribution < -0.4 is 11.0 Å². The smallest absolute Gasteiger partial charge is 0.326 e. The minimum absolute atomic E-state index is 0.0633. The van der Waals surface area contributed by atoms with Crippen molar-refractivity contribution in [2.75, 3.05) is 6.54 Å². The molecule has 0 atom stereocenters. The molecule has 1 fully saturated rings. The van der Waals surface area contributed by atoms with Gasteiger partial charge < -0.3 is 10.3 Å². The molecule has 0 aliphatic heterocycles. The Morgan fingerprint density at radius 3 is 2.74 bits per heavy atom. The van der Waals surface area contributed by atoms with Gasteiger partial charge in [-0.2, -0.15) is 0 Å². The number of H-pyrrole nitrogens is 1. The van der Waals surface area contributed by atoms with Crippen LogP contribution in [0, 0.1) is 5.92 Å². The van der Waals surface area contributed by atoms with Crippen LogP contribution in [0.3, 0.4) is 0 Å². The van der Waals surface area contributed by atoms with E-state index in [1.807, 2.05) is 16.7 Å². The molecule has 0 bridgehead atoms. The SMILES string of the molecule is CC(C)CNC(=O)c1ccc2c(c1)[nH]c(=O)n2C1CCCCC1. The molecule has 1 amide bonds. The maximum Gasteiger partial charge on any atom is 0.326 e. The number of hydrogen-bond donors (Lipinski definition) is 2. The summed E-state index contributed by atoms with van der Waals surface area (Å²) in [6.45, 7) is 4.77. The van der Waals surface area contributed by atoms with Crippen LogP contribution in [0.25, 0.3) is 11.0 Å². The molecular weight excluding hydrogens is 290 g/mol. The molecule has 1 aliphatic carbocycles. The quantitative estimate of drug-likeness (QED) is 0.909. The van der Waals surface area contributed by atoms with Crippen molar-refractivity contribution in [2.24, 2.45) is 5.92 Å². The van der Waals surface area contributed by atoms with Crippen LogP contribution >= 0.6 is 0 Å². The number of benzene rings is 1. The molecule has 124 valence electrons. The summed E-state index contributed by atoms with van der Waals surface area (Å²) >= 11 is 0. The van der Waals surface area contributed by atoms with E-state index in [0.29, 0.717) is 18.0 Å². The van der Waals surface area contributed by atoms with Gasteiger partial charge >= 0.3 is 5.69 Å². The topological polar surface area (TPSA) is 66.9 Å². The van der Waals surface area contributed by atoms with Gasteiger partial charge in [0.25, 0.3) is 5.91 Å². The number of nitrogens with zero attached hydrogens (tertiary/aromatic N) is 1. The van der Waals surface area contributed by atoms with E-state index in [1.165, 1.54) is 19.3 Å². The second-order valence-corrected chi connectivity index (χ2v) is 6.93. The molecule has 0 saturated heterocycles. The van der Waals surface area contributed by atoms with Gasteiger partial charge in [-0.1, -0.05) is 33.1 Å². The molecule has 0 spiro atoms. The maximum absolute atomic E-state index is 12.3. The fourth-order valence-electron chi connectivity index (χ4n) is 3.37. The van der Waals surface area contributed by atoms with Gasteiger partial charge in [0, 0.05) is 18.2 Å².